The van der Waals surface area contributed by atoms with E-state index in [-0.39, 0.29) is 0 Å². The number of hydrogen-bond acceptors (Lipinski definition) is 6. The third-order valence-electron chi connectivity index (χ3n) is 3.79. The summed E-state index contributed by atoms with van der Waals surface area (Å²) in [6, 6.07) is 9.10. The van der Waals surface area contributed by atoms with E-state index in [0.29, 0.717) is 23.5 Å². The largest absolute Gasteiger partial charge is 0.503 e. The van der Waals surface area contributed by atoms with E-state index in [1.165, 1.54) is 29.0 Å². The fraction of sp³-hybridized carbons (Fsp3) is 0.158. The molecule has 0 saturated carbocycles. The number of hydroxylamine groups is 2. The van der Waals surface area contributed by atoms with Crippen molar-refractivity contribution in [3.8, 4) is 0 Å². The second-order valence-electron chi connectivity index (χ2n) is 6.09. The predicted octanol–water partition coefficient (Wildman–Crippen LogP) is 1.96. The first-order valence-corrected chi connectivity index (χ1v) is 10.2. The molecule has 0 spiro atoms. The second-order valence-corrected chi connectivity index (χ2v) is 7.83. The molecule has 2 aromatic carbocycles. The molecule has 0 aromatic heterocycles. The molecule has 0 aliphatic carbocycles. The molecule has 0 aliphatic heterocycles. The predicted molar refractivity (Wildman–Crippen MR) is 102 cm³/mol. The fourth-order valence-corrected chi connectivity index (χ4v) is 2.98. The lowest BCUT2D eigenvalue weighted by atomic mass is 9.98. The molecule has 0 unspecified atom stereocenters. The summed E-state index contributed by atoms with van der Waals surface area (Å²) < 4.78 is 50.4. The van der Waals surface area contributed by atoms with Crippen LogP contribution < -0.4 is 4.72 Å². The van der Waals surface area contributed by atoms with Gasteiger partial charge in [-0.05, 0) is 35.4 Å². The molecule has 0 atom stereocenters. The van der Waals surface area contributed by atoms with Crippen LogP contribution in [0.3, 0.4) is 0 Å². The topological polar surface area (TPSA) is 113 Å². The number of halogens is 2. The molecule has 160 valence electrons. The number of hydrogen-bond donors (Lipinski definition) is 2. The van der Waals surface area contributed by atoms with Crippen LogP contribution in [0.15, 0.2) is 60.4 Å². The monoisotopic (exact) mass is 440 g/mol. The van der Waals surface area contributed by atoms with Crippen LogP contribution in [-0.4, -0.2) is 43.8 Å². The first kappa shape index (κ1) is 23.0. The lowest BCUT2D eigenvalue weighted by molar-refractivity contribution is -0.179. The van der Waals surface area contributed by atoms with Crippen molar-refractivity contribution < 1.29 is 36.7 Å². The maximum Gasteiger partial charge on any atom is 0.299 e. The van der Waals surface area contributed by atoms with Crippen molar-refractivity contribution in [1.29, 1.82) is 0 Å². The minimum atomic E-state index is -3.97. The average Bonchev–Trinajstić information content (AvgIpc) is 2.66. The highest BCUT2D eigenvalue weighted by molar-refractivity contribution is 7.89. The van der Waals surface area contributed by atoms with Gasteiger partial charge in [-0.3, -0.25) is 14.4 Å². The van der Waals surface area contributed by atoms with Gasteiger partial charge in [0.25, 0.3) is 11.8 Å². The Morgan fingerprint density at radius 2 is 1.47 bits per heavy atom. The van der Waals surface area contributed by atoms with Crippen LogP contribution in [-0.2, 0) is 24.4 Å². The molecule has 0 heterocycles. The van der Waals surface area contributed by atoms with Crippen LogP contribution in [0.4, 0.5) is 8.78 Å². The van der Waals surface area contributed by atoms with Crippen molar-refractivity contribution in [3.05, 3.63) is 83.1 Å². The van der Waals surface area contributed by atoms with Crippen LogP contribution in [0.2, 0.25) is 0 Å². The number of aliphatic hydroxyl groups excluding tert-OH is 1. The molecule has 2 N–H and O–H groups in total. The molecule has 0 saturated heterocycles. The lowest BCUT2D eigenvalue weighted by Crippen LogP contribution is -2.35. The van der Waals surface area contributed by atoms with Crippen molar-refractivity contribution in [2.75, 3.05) is 13.4 Å². The van der Waals surface area contributed by atoms with E-state index in [2.05, 4.69) is 0 Å². The van der Waals surface area contributed by atoms with E-state index in [0.717, 1.165) is 36.4 Å². The summed E-state index contributed by atoms with van der Waals surface area (Å²) in [4.78, 5) is 29.5. The number of sulfonamides is 1. The summed E-state index contributed by atoms with van der Waals surface area (Å²) in [7, 11) is -2.83. The summed E-state index contributed by atoms with van der Waals surface area (Å²) in [5.41, 5.74) is 0.762. The first-order valence-electron chi connectivity index (χ1n) is 8.33. The van der Waals surface area contributed by atoms with Gasteiger partial charge in [-0.15, -0.1) is 0 Å². The number of carbonyl (C=O) groups is 2. The second kappa shape index (κ2) is 9.46. The molecule has 11 heteroatoms. The normalized spacial score (nSPS) is 12.0. The zero-order valence-electron chi connectivity index (χ0n) is 15.9. The maximum atomic E-state index is 13.3. The van der Waals surface area contributed by atoms with Crippen molar-refractivity contribution in [1.82, 2.24) is 9.79 Å². The average molecular weight is 440 g/mol. The van der Waals surface area contributed by atoms with Gasteiger partial charge in [0, 0.05) is 0 Å². The van der Waals surface area contributed by atoms with E-state index in [1.54, 1.807) is 0 Å². The molecule has 30 heavy (non-hydrogen) atoms. The highest BCUT2D eigenvalue weighted by atomic mass is 32.2. The van der Waals surface area contributed by atoms with Gasteiger partial charge < -0.3 is 5.11 Å². The SMILES string of the molecule is CON(C(=O)/C=C(\O)C(=O)NS(C)(=O)=O)C(c1ccc(F)cc1)c1ccc(F)cc1. The molecule has 0 bridgehead atoms. The van der Waals surface area contributed by atoms with Crippen molar-refractivity contribution in [2.24, 2.45) is 0 Å². The minimum Gasteiger partial charge on any atom is -0.503 e. The fourth-order valence-electron chi connectivity index (χ4n) is 2.54. The third kappa shape index (κ3) is 6.09. The zero-order chi connectivity index (χ0) is 22.5. The van der Waals surface area contributed by atoms with Gasteiger partial charge in [0.1, 0.15) is 17.7 Å². The van der Waals surface area contributed by atoms with Crippen LogP contribution in [0.25, 0.3) is 0 Å². The van der Waals surface area contributed by atoms with Crippen molar-refractivity contribution in [2.45, 2.75) is 6.04 Å². The Morgan fingerprint density at radius 1 is 1.03 bits per heavy atom. The minimum absolute atomic E-state index is 0.381. The van der Waals surface area contributed by atoms with Crippen LogP contribution in [0.1, 0.15) is 17.2 Å². The quantitative estimate of drug-likeness (QED) is 0.387. The zero-order valence-corrected chi connectivity index (χ0v) is 16.7. The van der Waals surface area contributed by atoms with Crippen molar-refractivity contribution in [3.63, 3.8) is 0 Å². The summed E-state index contributed by atoms with van der Waals surface area (Å²) in [5.74, 6) is -4.67. The molecule has 0 radical (unpaired) electrons. The molecule has 2 aromatic rings. The Morgan fingerprint density at radius 3 is 1.83 bits per heavy atom. The molecule has 8 nitrogen and oxygen atoms in total. The first-order chi connectivity index (χ1) is 14.0. The van der Waals surface area contributed by atoms with Crippen LogP contribution in [0, 0.1) is 11.6 Å². The lowest BCUT2D eigenvalue weighted by Gasteiger charge is -2.29. The molecule has 0 fully saturated rings. The van der Waals surface area contributed by atoms with Crippen molar-refractivity contribution >= 4 is 21.8 Å². The van der Waals surface area contributed by atoms with Gasteiger partial charge in [0.15, 0.2) is 5.76 Å². The van der Waals surface area contributed by atoms with Gasteiger partial charge in [-0.25, -0.2) is 27.0 Å². The smallest absolute Gasteiger partial charge is 0.299 e. The van der Waals surface area contributed by atoms with E-state index in [4.69, 9.17) is 4.84 Å². The van der Waals surface area contributed by atoms with E-state index >= 15 is 0 Å². The molecule has 0 aliphatic rings. The molecular weight excluding hydrogens is 422 g/mol. The van der Waals surface area contributed by atoms with E-state index < -0.39 is 45.3 Å². The number of aliphatic hydroxyl groups is 1. The van der Waals surface area contributed by atoms with Gasteiger partial charge in [0.05, 0.1) is 19.4 Å². The van der Waals surface area contributed by atoms with Gasteiger partial charge in [-0.1, -0.05) is 24.3 Å². The van der Waals surface area contributed by atoms with E-state index in [1.807, 2.05) is 0 Å². The maximum absolute atomic E-state index is 13.3. The van der Waals surface area contributed by atoms with E-state index in [9.17, 15) is 31.9 Å². The highest BCUT2D eigenvalue weighted by Gasteiger charge is 2.28. The standard InChI is InChI=1S/C19H18F2N2O6S/c1-29-23(17(25)11-16(24)19(26)22-30(2,27)28)18(12-3-7-14(20)8-4-12)13-5-9-15(21)10-6-13/h3-11,18,24H,1-2H3,(H,22,26)/b16-11-. The Balaban J connectivity index is 2.45. The van der Waals surface area contributed by atoms with Crippen LogP contribution in [0.5, 0.6) is 0 Å². The number of nitrogens with zero attached hydrogens (tertiary/aromatic N) is 1. The number of nitrogens with one attached hydrogen (secondary N) is 1. The summed E-state index contributed by atoms with van der Waals surface area (Å²) >= 11 is 0. The van der Waals surface area contributed by atoms with Gasteiger partial charge >= 0.3 is 0 Å². The Hall–Kier alpha value is -3.31. The third-order valence-corrected chi connectivity index (χ3v) is 4.35. The molecular formula is C19H18F2N2O6S. The molecule has 2 amide bonds. The highest BCUT2D eigenvalue weighted by Crippen LogP contribution is 2.29. The van der Waals surface area contributed by atoms with Crippen LogP contribution >= 0.6 is 0 Å². The Labute approximate surface area is 171 Å². The summed E-state index contributed by atoms with van der Waals surface area (Å²) in [6.45, 7) is 0. The summed E-state index contributed by atoms with van der Waals surface area (Å²) in [6.07, 6.45) is 1.16. The number of benzene rings is 2. The Bertz CT molecular complexity index is 1010. The van der Waals surface area contributed by atoms with Gasteiger partial charge in [-0.2, -0.15) is 0 Å². The number of carbonyl (C=O) groups excluding carboxylic acids is 2. The molecule has 2 rings (SSSR count). The number of amides is 2. The Kier molecular flexibility index (Phi) is 7.24. The summed E-state index contributed by atoms with van der Waals surface area (Å²) in [5, 5.41) is 10.5. The van der Waals surface area contributed by atoms with Gasteiger partial charge in [0.2, 0.25) is 10.0 Å². The number of rotatable bonds is 7.